The third kappa shape index (κ3) is 5.35. The number of alkyl carbamates (subject to hydrolysis) is 1. The van der Waals surface area contributed by atoms with Crippen LogP contribution in [0.1, 0.15) is 62.0 Å². The normalized spacial score (nSPS) is 16.4. The van der Waals surface area contributed by atoms with Gasteiger partial charge >= 0.3 is 12.1 Å². The zero-order valence-electron chi connectivity index (χ0n) is 18.6. The van der Waals surface area contributed by atoms with E-state index in [1.54, 1.807) is 0 Å². The van der Waals surface area contributed by atoms with Crippen molar-refractivity contribution in [1.82, 2.24) is 10.6 Å². The standard InChI is InChI=1S/C26H30N2O5/c29-23(28-26(15-12-24(30)31)13-6-1-7-14-26)16-27-25(32)33-17-22-20-10-4-2-8-18(20)19-9-3-5-11-21(19)22/h2-5,8-11,22H,1,6-7,12-17H2,(H,27,32)(H,28,29)(H,30,31). The van der Waals surface area contributed by atoms with E-state index in [1.165, 1.54) is 0 Å². The highest BCUT2D eigenvalue weighted by molar-refractivity contribution is 5.83. The molecule has 1 saturated carbocycles. The third-order valence-electron chi connectivity index (χ3n) is 6.77. The number of aliphatic carboxylic acids is 1. The Hall–Kier alpha value is -3.35. The average molecular weight is 451 g/mol. The molecule has 0 radical (unpaired) electrons. The first kappa shape index (κ1) is 22.8. The van der Waals surface area contributed by atoms with Crippen LogP contribution in [-0.2, 0) is 14.3 Å². The number of benzene rings is 2. The molecule has 2 amide bonds. The Kier molecular flexibility index (Phi) is 6.96. The van der Waals surface area contributed by atoms with Gasteiger partial charge in [0.1, 0.15) is 13.2 Å². The van der Waals surface area contributed by atoms with Gasteiger partial charge in [-0.3, -0.25) is 9.59 Å². The first-order valence-electron chi connectivity index (χ1n) is 11.6. The summed E-state index contributed by atoms with van der Waals surface area (Å²) in [5.41, 5.74) is 4.06. The molecule has 4 rings (SSSR count). The maximum Gasteiger partial charge on any atom is 0.407 e. The number of rotatable bonds is 8. The molecule has 33 heavy (non-hydrogen) atoms. The second-order valence-corrected chi connectivity index (χ2v) is 8.96. The van der Waals surface area contributed by atoms with Gasteiger partial charge in [0.25, 0.3) is 0 Å². The lowest BCUT2D eigenvalue weighted by atomic mass is 9.78. The van der Waals surface area contributed by atoms with Crippen LogP contribution in [0.25, 0.3) is 11.1 Å². The zero-order chi connectivity index (χ0) is 23.3. The van der Waals surface area contributed by atoms with Crippen LogP contribution in [0.3, 0.4) is 0 Å². The predicted molar refractivity (Wildman–Crippen MR) is 124 cm³/mol. The summed E-state index contributed by atoms with van der Waals surface area (Å²) in [6.07, 6.45) is 4.30. The van der Waals surface area contributed by atoms with Gasteiger partial charge in [0.15, 0.2) is 0 Å². The number of carbonyl (C=O) groups excluding carboxylic acids is 2. The maximum absolute atomic E-state index is 12.5. The molecule has 7 heteroatoms. The van der Waals surface area contributed by atoms with Crippen molar-refractivity contribution in [3.63, 3.8) is 0 Å². The van der Waals surface area contributed by atoms with E-state index in [0.29, 0.717) is 6.42 Å². The highest BCUT2D eigenvalue weighted by Gasteiger charge is 2.34. The van der Waals surface area contributed by atoms with Gasteiger partial charge in [-0.15, -0.1) is 0 Å². The molecule has 2 aliphatic carbocycles. The summed E-state index contributed by atoms with van der Waals surface area (Å²) in [5.74, 6) is -1.24. The molecule has 174 valence electrons. The Labute approximate surface area is 193 Å². The lowest BCUT2D eigenvalue weighted by Gasteiger charge is -2.38. The lowest BCUT2D eigenvalue weighted by molar-refractivity contribution is -0.138. The third-order valence-corrected chi connectivity index (χ3v) is 6.77. The quantitative estimate of drug-likeness (QED) is 0.559. The minimum Gasteiger partial charge on any atom is -0.481 e. The summed E-state index contributed by atoms with van der Waals surface area (Å²) >= 11 is 0. The molecule has 2 aromatic rings. The Bertz CT molecular complexity index is 983. The van der Waals surface area contributed by atoms with Crippen molar-refractivity contribution < 1.29 is 24.2 Å². The molecule has 0 heterocycles. The van der Waals surface area contributed by atoms with Crippen LogP contribution in [0.2, 0.25) is 0 Å². The molecular formula is C26H30N2O5. The van der Waals surface area contributed by atoms with Crippen LogP contribution in [0.15, 0.2) is 48.5 Å². The van der Waals surface area contributed by atoms with Crippen molar-refractivity contribution in [3.8, 4) is 11.1 Å². The summed E-state index contributed by atoms with van der Waals surface area (Å²) in [5, 5.41) is 14.6. The molecule has 0 unspecified atom stereocenters. The number of hydrogen-bond donors (Lipinski definition) is 3. The van der Waals surface area contributed by atoms with E-state index in [2.05, 4.69) is 34.9 Å². The molecular weight excluding hydrogens is 420 g/mol. The molecule has 2 aliphatic rings. The largest absolute Gasteiger partial charge is 0.481 e. The van der Waals surface area contributed by atoms with Gasteiger partial charge in [-0.1, -0.05) is 67.8 Å². The summed E-state index contributed by atoms with van der Waals surface area (Å²) < 4.78 is 5.48. The van der Waals surface area contributed by atoms with Crippen molar-refractivity contribution in [2.24, 2.45) is 0 Å². The van der Waals surface area contributed by atoms with Crippen LogP contribution in [0.5, 0.6) is 0 Å². The molecule has 2 aromatic carbocycles. The van der Waals surface area contributed by atoms with E-state index in [1.807, 2.05) is 24.3 Å². The Morgan fingerprint density at radius 1 is 0.939 bits per heavy atom. The molecule has 0 aliphatic heterocycles. The van der Waals surface area contributed by atoms with Crippen molar-refractivity contribution in [1.29, 1.82) is 0 Å². The minimum absolute atomic E-state index is 0.0140. The molecule has 0 atom stereocenters. The van der Waals surface area contributed by atoms with E-state index in [-0.39, 0.29) is 31.4 Å². The number of nitrogens with one attached hydrogen (secondary N) is 2. The first-order chi connectivity index (χ1) is 16.0. The zero-order valence-corrected chi connectivity index (χ0v) is 18.6. The molecule has 0 saturated heterocycles. The van der Waals surface area contributed by atoms with E-state index >= 15 is 0 Å². The van der Waals surface area contributed by atoms with E-state index < -0.39 is 17.6 Å². The number of carboxylic acids is 1. The summed E-state index contributed by atoms with van der Waals surface area (Å²) in [6.45, 7) is -0.0183. The van der Waals surface area contributed by atoms with Crippen molar-refractivity contribution >= 4 is 18.0 Å². The maximum atomic E-state index is 12.5. The monoisotopic (exact) mass is 450 g/mol. The van der Waals surface area contributed by atoms with Crippen molar-refractivity contribution in [2.45, 2.75) is 56.4 Å². The Morgan fingerprint density at radius 3 is 2.15 bits per heavy atom. The second kappa shape index (κ2) is 10.1. The first-order valence-corrected chi connectivity index (χ1v) is 11.6. The second-order valence-electron chi connectivity index (χ2n) is 8.96. The van der Waals surface area contributed by atoms with Gasteiger partial charge < -0.3 is 20.5 Å². The van der Waals surface area contributed by atoms with Crippen LogP contribution in [0, 0.1) is 0 Å². The van der Waals surface area contributed by atoms with Gasteiger partial charge in [-0.2, -0.15) is 0 Å². The van der Waals surface area contributed by atoms with Gasteiger partial charge in [-0.05, 0) is 41.5 Å². The predicted octanol–water partition coefficient (Wildman–Crippen LogP) is 4.21. The van der Waals surface area contributed by atoms with Crippen LogP contribution >= 0.6 is 0 Å². The summed E-state index contributed by atoms with van der Waals surface area (Å²) in [7, 11) is 0. The Morgan fingerprint density at radius 2 is 1.55 bits per heavy atom. The van der Waals surface area contributed by atoms with E-state index in [0.717, 1.165) is 54.4 Å². The van der Waals surface area contributed by atoms with Crippen LogP contribution in [-0.4, -0.2) is 41.8 Å². The smallest absolute Gasteiger partial charge is 0.407 e. The van der Waals surface area contributed by atoms with Crippen molar-refractivity contribution in [2.75, 3.05) is 13.2 Å². The molecule has 3 N–H and O–H groups in total. The van der Waals surface area contributed by atoms with Gasteiger partial charge in [0, 0.05) is 17.9 Å². The molecule has 0 bridgehead atoms. The number of hydrogen-bond acceptors (Lipinski definition) is 4. The average Bonchev–Trinajstić information content (AvgIpc) is 3.14. The fourth-order valence-electron chi connectivity index (χ4n) is 5.15. The van der Waals surface area contributed by atoms with Crippen molar-refractivity contribution in [3.05, 3.63) is 59.7 Å². The number of carbonyl (C=O) groups is 3. The number of amides is 2. The molecule has 0 aromatic heterocycles. The number of carboxylic acid groups (broad SMARTS) is 1. The molecule has 1 fully saturated rings. The molecule has 0 spiro atoms. The van der Waals surface area contributed by atoms with Crippen LogP contribution < -0.4 is 10.6 Å². The van der Waals surface area contributed by atoms with Gasteiger partial charge in [-0.25, -0.2) is 4.79 Å². The lowest BCUT2D eigenvalue weighted by Crippen LogP contribution is -2.52. The van der Waals surface area contributed by atoms with Crippen LogP contribution in [0.4, 0.5) is 4.79 Å². The van der Waals surface area contributed by atoms with Gasteiger partial charge in [0.05, 0.1) is 0 Å². The number of fused-ring (bicyclic) bond motifs is 3. The Balaban J connectivity index is 1.30. The highest BCUT2D eigenvalue weighted by Crippen LogP contribution is 2.44. The SMILES string of the molecule is O=C(O)CCC1(NC(=O)CNC(=O)OCC2c3ccccc3-c3ccccc32)CCCCC1. The highest BCUT2D eigenvalue weighted by atomic mass is 16.5. The summed E-state index contributed by atoms with van der Waals surface area (Å²) in [6, 6.07) is 16.2. The minimum atomic E-state index is -0.869. The fraction of sp³-hybridized carbons (Fsp3) is 0.423. The topological polar surface area (TPSA) is 105 Å². The van der Waals surface area contributed by atoms with E-state index in [4.69, 9.17) is 9.84 Å². The number of ether oxygens (including phenoxy) is 1. The fourth-order valence-corrected chi connectivity index (χ4v) is 5.15. The van der Waals surface area contributed by atoms with Gasteiger partial charge in [0.2, 0.25) is 5.91 Å². The molecule has 7 nitrogen and oxygen atoms in total. The summed E-state index contributed by atoms with van der Waals surface area (Å²) in [4.78, 5) is 35.9. The van der Waals surface area contributed by atoms with E-state index in [9.17, 15) is 14.4 Å².